The van der Waals surface area contributed by atoms with E-state index in [4.69, 9.17) is 9.72 Å². The molecule has 5 rings (SSSR count). The van der Waals surface area contributed by atoms with Gasteiger partial charge in [0.1, 0.15) is 0 Å². The first-order valence-corrected chi connectivity index (χ1v) is 13.7. The predicted octanol–water partition coefficient (Wildman–Crippen LogP) is 5.24. The molecule has 1 amide bonds. The molecule has 0 aliphatic carbocycles. The van der Waals surface area contributed by atoms with Gasteiger partial charge in [-0.1, -0.05) is 38.6 Å². The molecule has 0 saturated heterocycles. The van der Waals surface area contributed by atoms with E-state index in [-0.39, 0.29) is 5.91 Å². The molecule has 40 heavy (non-hydrogen) atoms. The van der Waals surface area contributed by atoms with Crippen molar-refractivity contribution in [3.63, 3.8) is 0 Å². The number of aryl methyl sites for hydroxylation is 1. The summed E-state index contributed by atoms with van der Waals surface area (Å²) >= 11 is 0. The van der Waals surface area contributed by atoms with Crippen molar-refractivity contribution in [3.8, 4) is 11.3 Å². The highest BCUT2D eigenvalue weighted by molar-refractivity contribution is 6.02. The molecule has 1 aliphatic heterocycles. The quantitative estimate of drug-likeness (QED) is 0.237. The van der Waals surface area contributed by atoms with Crippen LogP contribution in [0, 0.1) is 6.92 Å². The molecule has 9 nitrogen and oxygen atoms in total. The molecule has 3 N–H and O–H groups in total. The molecule has 0 saturated carbocycles. The summed E-state index contributed by atoms with van der Waals surface area (Å²) in [7, 11) is 2.02. The molecule has 0 radical (unpaired) electrons. The van der Waals surface area contributed by atoms with Gasteiger partial charge in [-0.2, -0.15) is 0 Å². The van der Waals surface area contributed by atoms with Crippen LogP contribution in [0.15, 0.2) is 61.3 Å². The van der Waals surface area contributed by atoms with Gasteiger partial charge in [-0.3, -0.25) is 4.79 Å². The molecule has 9 heteroatoms. The number of carbonyl (C=O) groups excluding carboxylic acids is 1. The minimum Gasteiger partial charge on any atom is -0.373 e. The van der Waals surface area contributed by atoms with Gasteiger partial charge in [0.05, 0.1) is 36.0 Å². The second kappa shape index (κ2) is 11.9. The van der Waals surface area contributed by atoms with Crippen LogP contribution >= 0.6 is 0 Å². The number of benzene rings is 2. The summed E-state index contributed by atoms with van der Waals surface area (Å²) in [6.07, 6.45) is 3.04. The van der Waals surface area contributed by atoms with Crippen molar-refractivity contribution in [3.05, 3.63) is 72.6 Å². The number of anilines is 4. The van der Waals surface area contributed by atoms with E-state index in [9.17, 15) is 4.79 Å². The van der Waals surface area contributed by atoms with Crippen LogP contribution in [0.1, 0.15) is 25.1 Å². The minimum atomic E-state index is -0.268. The standard InChI is InChI=1S/C31H37N7O2/c1-6-29(39)34-25-18-24(21(4)17-27(25)37(5)14-13-32-20(2)3)36-31-33-12-11-23(35-31)30-22-9-7-8-10-26(22)38-15-16-40-19-28(30)38/h6-12,17-18,20,32H,1,13-16,19H2,2-5H3,(H,34,39)(H,33,35,36). The van der Waals surface area contributed by atoms with Gasteiger partial charge in [0.15, 0.2) is 0 Å². The monoisotopic (exact) mass is 539 g/mol. The maximum Gasteiger partial charge on any atom is 0.247 e. The van der Waals surface area contributed by atoms with E-state index in [0.717, 1.165) is 58.9 Å². The van der Waals surface area contributed by atoms with Gasteiger partial charge >= 0.3 is 0 Å². The summed E-state index contributed by atoms with van der Waals surface area (Å²) in [5.41, 5.74) is 7.64. The summed E-state index contributed by atoms with van der Waals surface area (Å²) in [6, 6.07) is 14.7. The molecule has 0 unspecified atom stereocenters. The van der Waals surface area contributed by atoms with Crippen LogP contribution in [0.3, 0.4) is 0 Å². The number of nitrogens with zero attached hydrogens (tertiary/aromatic N) is 4. The summed E-state index contributed by atoms with van der Waals surface area (Å²) < 4.78 is 8.15. The highest BCUT2D eigenvalue weighted by Gasteiger charge is 2.22. The Morgan fingerprint density at radius 1 is 1.23 bits per heavy atom. The zero-order valence-electron chi connectivity index (χ0n) is 23.6. The molecule has 0 fully saturated rings. The Morgan fingerprint density at radius 2 is 2.05 bits per heavy atom. The molecule has 0 bridgehead atoms. The zero-order valence-corrected chi connectivity index (χ0v) is 23.6. The van der Waals surface area contributed by atoms with Crippen molar-refractivity contribution in [2.45, 2.75) is 40.0 Å². The van der Waals surface area contributed by atoms with Crippen LogP contribution in [0.2, 0.25) is 0 Å². The molecule has 2 aromatic carbocycles. The molecular weight excluding hydrogens is 502 g/mol. The molecule has 208 valence electrons. The first kappa shape index (κ1) is 27.4. The van der Waals surface area contributed by atoms with Crippen LogP contribution < -0.4 is 20.9 Å². The van der Waals surface area contributed by atoms with Gasteiger partial charge in [0.25, 0.3) is 0 Å². The number of hydrogen-bond donors (Lipinski definition) is 3. The number of para-hydroxylation sites is 1. The number of aromatic nitrogens is 3. The smallest absolute Gasteiger partial charge is 0.247 e. The number of hydrogen-bond acceptors (Lipinski definition) is 7. The lowest BCUT2D eigenvalue weighted by Crippen LogP contribution is -2.33. The molecule has 3 heterocycles. The average Bonchev–Trinajstić information content (AvgIpc) is 3.29. The molecule has 1 aliphatic rings. The van der Waals surface area contributed by atoms with Crippen LogP contribution in [-0.4, -0.2) is 53.2 Å². The van der Waals surface area contributed by atoms with Crippen LogP contribution in [-0.2, 0) is 22.7 Å². The normalized spacial score (nSPS) is 12.8. The van der Waals surface area contributed by atoms with Crippen LogP contribution in [0.25, 0.3) is 22.2 Å². The predicted molar refractivity (Wildman–Crippen MR) is 162 cm³/mol. The van der Waals surface area contributed by atoms with E-state index in [1.807, 2.05) is 26.1 Å². The van der Waals surface area contributed by atoms with Gasteiger partial charge in [-0.05, 0) is 42.8 Å². The van der Waals surface area contributed by atoms with E-state index in [1.165, 1.54) is 11.6 Å². The van der Waals surface area contributed by atoms with Gasteiger partial charge in [-0.15, -0.1) is 0 Å². The third kappa shape index (κ3) is 5.71. The van der Waals surface area contributed by atoms with E-state index in [0.29, 0.717) is 30.9 Å². The Kier molecular flexibility index (Phi) is 8.14. The molecule has 0 spiro atoms. The number of carbonyl (C=O) groups is 1. The third-order valence-corrected chi connectivity index (χ3v) is 7.13. The van der Waals surface area contributed by atoms with Crippen molar-refractivity contribution in [1.82, 2.24) is 19.9 Å². The van der Waals surface area contributed by atoms with Gasteiger partial charge in [0.2, 0.25) is 11.9 Å². The van der Waals surface area contributed by atoms with E-state index < -0.39 is 0 Å². The summed E-state index contributed by atoms with van der Waals surface area (Å²) in [4.78, 5) is 23.9. The lowest BCUT2D eigenvalue weighted by atomic mass is 10.1. The second-order valence-electron chi connectivity index (χ2n) is 10.3. The van der Waals surface area contributed by atoms with Gasteiger partial charge < -0.3 is 30.2 Å². The molecule has 4 aromatic rings. The van der Waals surface area contributed by atoms with E-state index >= 15 is 0 Å². The minimum absolute atomic E-state index is 0.268. The Bertz CT molecular complexity index is 1540. The number of ether oxygens (including phenoxy) is 1. The maximum absolute atomic E-state index is 12.3. The Morgan fingerprint density at radius 3 is 2.85 bits per heavy atom. The SMILES string of the molecule is C=CC(=O)Nc1cc(Nc2nccc(-c3c4n(c5ccccc35)CCOC4)n2)c(C)cc1N(C)CCNC(C)C. The van der Waals surface area contributed by atoms with Crippen molar-refractivity contribution < 1.29 is 9.53 Å². The fourth-order valence-electron chi connectivity index (χ4n) is 5.12. The van der Waals surface area contributed by atoms with Crippen LogP contribution in [0.4, 0.5) is 23.0 Å². The van der Waals surface area contributed by atoms with Crippen molar-refractivity contribution in [1.29, 1.82) is 0 Å². The van der Waals surface area contributed by atoms with Crippen LogP contribution in [0.5, 0.6) is 0 Å². The number of fused-ring (bicyclic) bond motifs is 3. The Hall–Kier alpha value is -4.21. The Labute approximate surface area is 235 Å². The number of rotatable bonds is 10. The van der Waals surface area contributed by atoms with Gasteiger partial charge in [0, 0.05) is 61.1 Å². The summed E-state index contributed by atoms with van der Waals surface area (Å²) in [5, 5.41) is 10.9. The molecular formula is C31H37N7O2. The lowest BCUT2D eigenvalue weighted by molar-refractivity contribution is -0.111. The molecule has 2 aromatic heterocycles. The maximum atomic E-state index is 12.3. The molecule has 0 atom stereocenters. The topological polar surface area (TPSA) is 96.3 Å². The summed E-state index contributed by atoms with van der Waals surface area (Å²) in [5.74, 6) is 0.208. The first-order valence-electron chi connectivity index (χ1n) is 13.7. The zero-order chi connectivity index (χ0) is 28.2. The fourth-order valence-corrected chi connectivity index (χ4v) is 5.12. The van der Waals surface area contributed by atoms with Crippen molar-refractivity contribution >= 4 is 39.8 Å². The third-order valence-electron chi connectivity index (χ3n) is 7.13. The highest BCUT2D eigenvalue weighted by Crippen LogP contribution is 2.37. The number of likely N-dealkylation sites (N-methyl/N-ethyl adjacent to an activating group) is 1. The van der Waals surface area contributed by atoms with E-state index in [2.05, 4.69) is 81.2 Å². The summed E-state index contributed by atoms with van der Waals surface area (Å²) in [6.45, 7) is 13.6. The highest BCUT2D eigenvalue weighted by atomic mass is 16.5. The van der Waals surface area contributed by atoms with Gasteiger partial charge in [-0.25, -0.2) is 9.97 Å². The largest absolute Gasteiger partial charge is 0.373 e. The lowest BCUT2D eigenvalue weighted by Gasteiger charge is -2.25. The second-order valence-corrected chi connectivity index (χ2v) is 10.3. The Balaban J connectivity index is 1.48. The fraction of sp³-hybridized carbons (Fsp3) is 0.323. The average molecular weight is 540 g/mol. The van der Waals surface area contributed by atoms with Crippen molar-refractivity contribution in [2.75, 3.05) is 42.3 Å². The van der Waals surface area contributed by atoms with Crippen molar-refractivity contribution in [2.24, 2.45) is 0 Å². The first-order chi connectivity index (χ1) is 19.4. The number of nitrogens with one attached hydrogen (secondary N) is 3. The van der Waals surface area contributed by atoms with E-state index in [1.54, 1.807) is 6.20 Å². The number of amides is 1.